The van der Waals surface area contributed by atoms with Crippen molar-refractivity contribution in [1.29, 1.82) is 0 Å². The molecule has 0 amide bonds. The Hall–Kier alpha value is -0.120. The van der Waals surface area contributed by atoms with E-state index in [2.05, 4.69) is 10.2 Å². The minimum absolute atomic E-state index is 0.105. The molecule has 2 N–H and O–H groups in total. The summed E-state index contributed by atoms with van der Waals surface area (Å²) in [6.07, 6.45) is 10.5. The van der Waals surface area contributed by atoms with Crippen molar-refractivity contribution < 1.29 is 5.11 Å². The fourth-order valence-electron chi connectivity index (χ4n) is 3.78. The molecule has 3 fully saturated rings. The van der Waals surface area contributed by atoms with Gasteiger partial charge in [-0.15, -0.1) is 0 Å². The lowest BCUT2D eigenvalue weighted by Gasteiger charge is -2.33. The second kappa shape index (κ2) is 6.55. The maximum Gasteiger partial charge on any atom is 0.0692 e. The fraction of sp³-hybridized carbons (Fsp3) is 1.00. The third kappa shape index (κ3) is 4.17. The van der Waals surface area contributed by atoms with Crippen LogP contribution >= 0.6 is 0 Å². The predicted molar refractivity (Wildman–Crippen MR) is 78.2 cm³/mol. The second-order valence-corrected chi connectivity index (χ2v) is 7.04. The molecule has 2 aliphatic carbocycles. The van der Waals surface area contributed by atoms with Crippen LogP contribution in [0.5, 0.6) is 0 Å². The van der Waals surface area contributed by atoms with Crippen LogP contribution in [-0.4, -0.2) is 48.3 Å². The van der Waals surface area contributed by atoms with E-state index in [4.69, 9.17) is 0 Å². The van der Waals surface area contributed by atoms with Crippen molar-refractivity contribution in [3.63, 3.8) is 0 Å². The summed E-state index contributed by atoms with van der Waals surface area (Å²) in [4.78, 5) is 2.64. The first kappa shape index (κ1) is 13.8. The molecular formula is C16H30N2O. The van der Waals surface area contributed by atoms with E-state index < -0.39 is 0 Å². The molecule has 1 atom stereocenters. The molecule has 3 rings (SSSR count). The van der Waals surface area contributed by atoms with E-state index in [1.54, 1.807) is 0 Å². The lowest BCUT2D eigenvalue weighted by atomic mass is 9.99. The summed E-state index contributed by atoms with van der Waals surface area (Å²) in [5.41, 5.74) is 0. The van der Waals surface area contributed by atoms with Crippen molar-refractivity contribution in [3.8, 4) is 0 Å². The Kier molecular flexibility index (Phi) is 4.78. The third-order valence-corrected chi connectivity index (χ3v) is 5.36. The van der Waals surface area contributed by atoms with Gasteiger partial charge in [0.05, 0.1) is 6.10 Å². The van der Waals surface area contributed by atoms with Gasteiger partial charge in [-0.25, -0.2) is 0 Å². The minimum atomic E-state index is -0.105. The quantitative estimate of drug-likeness (QED) is 0.772. The Balaban J connectivity index is 1.30. The summed E-state index contributed by atoms with van der Waals surface area (Å²) in [6, 6.07) is 0.645. The lowest BCUT2D eigenvalue weighted by molar-refractivity contribution is 0.0994. The number of piperidine rings is 1. The van der Waals surface area contributed by atoms with Gasteiger partial charge in [-0.05, 0) is 63.5 Å². The monoisotopic (exact) mass is 266 g/mol. The van der Waals surface area contributed by atoms with Crippen molar-refractivity contribution in [2.75, 3.05) is 26.2 Å². The zero-order valence-corrected chi connectivity index (χ0v) is 12.2. The molecule has 1 saturated heterocycles. The van der Waals surface area contributed by atoms with Gasteiger partial charge in [0.2, 0.25) is 0 Å². The molecule has 1 heterocycles. The van der Waals surface area contributed by atoms with Crippen LogP contribution in [0.15, 0.2) is 0 Å². The van der Waals surface area contributed by atoms with Crippen molar-refractivity contribution in [3.05, 3.63) is 0 Å². The van der Waals surface area contributed by atoms with E-state index in [-0.39, 0.29) is 6.10 Å². The van der Waals surface area contributed by atoms with Crippen LogP contribution in [0.25, 0.3) is 0 Å². The highest BCUT2D eigenvalue weighted by Gasteiger charge is 2.28. The Bertz CT molecular complexity index is 266. The summed E-state index contributed by atoms with van der Waals surface area (Å²) in [6.45, 7) is 4.68. The number of rotatable bonds is 6. The van der Waals surface area contributed by atoms with E-state index in [0.717, 1.165) is 12.5 Å². The molecular weight excluding hydrogens is 236 g/mol. The van der Waals surface area contributed by atoms with E-state index in [0.29, 0.717) is 12.0 Å². The second-order valence-electron chi connectivity index (χ2n) is 7.04. The maximum absolute atomic E-state index is 10.2. The summed E-state index contributed by atoms with van der Waals surface area (Å²) < 4.78 is 0. The first-order chi connectivity index (χ1) is 9.31. The van der Waals surface area contributed by atoms with E-state index in [1.165, 1.54) is 71.0 Å². The SMILES string of the molecule is OC(CNC1CCN(CC2CC2)CC1)C1CCCC1. The Morgan fingerprint density at radius 3 is 2.32 bits per heavy atom. The van der Waals surface area contributed by atoms with Crippen LogP contribution in [0.3, 0.4) is 0 Å². The largest absolute Gasteiger partial charge is 0.392 e. The van der Waals surface area contributed by atoms with Crippen LogP contribution < -0.4 is 5.32 Å². The first-order valence-corrected chi connectivity index (χ1v) is 8.45. The predicted octanol–water partition coefficient (Wildman–Crippen LogP) is 2.00. The number of nitrogens with one attached hydrogen (secondary N) is 1. The topological polar surface area (TPSA) is 35.5 Å². The van der Waals surface area contributed by atoms with Crippen molar-refractivity contribution in [1.82, 2.24) is 10.2 Å². The summed E-state index contributed by atoms with van der Waals surface area (Å²) in [7, 11) is 0. The highest BCUT2D eigenvalue weighted by atomic mass is 16.3. The van der Waals surface area contributed by atoms with Gasteiger partial charge < -0.3 is 15.3 Å². The van der Waals surface area contributed by atoms with Gasteiger partial charge in [0.1, 0.15) is 0 Å². The zero-order chi connectivity index (χ0) is 13.1. The van der Waals surface area contributed by atoms with Crippen molar-refractivity contribution in [2.45, 2.75) is 63.5 Å². The van der Waals surface area contributed by atoms with Crippen LogP contribution in [-0.2, 0) is 0 Å². The van der Waals surface area contributed by atoms with Gasteiger partial charge >= 0.3 is 0 Å². The van der Waals surface area contributed by atoms with E-state index in [1.807, 2.05) is 0 Å². The minimum Gasteiger partial charge on any atom is -0.392 e. The molecule has 3 nitrogen and oxygen atoms in total. The summed E-state index contributed by atoms with van der Waals surface area (Å²) >= 11 is 0. The van der Waals surface area contributed by atoms with Gasteiger partial charge in [0.15, 0.2) is 0 Å². The number of aliphatic hydroxyl groups is 1. The summed E-state index contributed by atoms with van der Waals surface area (Å²) in [5, 5.41) is 13.8. The molecule has 110 valence electrons. The first-order valence-electron chi connectivity index (χ1n) is 8.45. The Labute approximate surface area is 117 Å². The van der Waals surface area contributed by atoms with Crippen LogP contribution in [0.4, 0.5) is 0 Å². The molecule has 0 radical (unpaired) electrons. The molecule has 1 aliphatic heterocycles. The average molecular weight is 266 g/mol. The molecule has 0 aromatic heterocycles. The highest BCUT2D eigenvalue weighted by Crippen LogP contribution is 2.30. The number of hydrogen-bond donors (Lipinski definition) is 2. The number of nitrogens with zero attached hydrogens (tertiary/aromatic N) is 1. The molecule has 0 spiro atoms. The van der Waals surface area contributed by atoms with Crippen molar-refractivity contribution >= 4 is 0 Å². The standard InChI is InChI=1S/C16H30N2O/c19-16(14-3-1-2-4-14)11-17-15-7-9-18(10-8-15)12-13-5-6-13/h13-17,19H,1-12H2. The molecule has 0 aromatic carbocycles. The molecule has 0 aromatic rings. The van der Waals surface area contributed by atoms with Gasteiger partial charge in [0, 0.05) is 19.1 Å². The van der Waals surface area contributed by atoms with Crippen molar-refractivity contribution in [2.24, 2.45) is 11.8 Å². The van der Waals surface area contributed by atoms with Gasteiger partial charge in [-0.3, -0.25) is 0 Å². The van der Waals surface area contributed by atoms with Gasteiger partial charge in [0.25, 0.3) is 0 Å². The Morgan fingerprint density at radius 1 is 1.00 bits per heavy atom. The van der Waals surface area contributed by atoms with Crippen LogP contribution in [0, 0.1) is 11.8 Å². The zero-order valence-electron chi connectivity index (χ0n) is 12.2. The molecule has 0 bridgehead atoms. The molecule has 3 aliphatic rings. The highest BCUT2D eigenvalue weighted by molar-refractivity contribution is 4.84. The molecule has 19 heavy (non-hydrogen) atoms. The number of aliphatic hydroxyl groups excluding tert-OH is 1. The number of likely N-dealkylation sites (tertiary alicyclic amines) is 1. The Morgan fingerprint density at radius 2 is 1.68 bits per heavy atom. The molecule has 3 heteroatoms. The molecule has 2 saturated carbocycles. The van der Waals surface area contributed by atoms with E-state index in [9.17, 15) is 5.11 Å². The normalized spacial score (nSPS) is 28.9. The average Bonchev–Trinajstić information content (AvgIpc) is 3.08. The maximum atomic E-state index is 10.2. The van der Waals surface area contributed by atoms with Crippen LogP contribution in [0.2, 0.25) is 0 Å². The van der Waals surface area contributed by atoms with Gasteiger partial charge in [-0.2, -0.15) is 0 Å². The summed E-state index contributed by atoms with van der Waals surface area (Å²) in [5.74, 6) is 1.59. The number of hydrogen-bond acceptors (Lipinski definition) is 3. The van der Waals surface area contributed by atoms with Gasteiger partial charge in [-0.1, -0.05) is 12.8 Å². The van der Waals surface area contributed by atoms with E-state index >= 15 is 0 Å². The molecule has 1 unspecified atom stereocenters. The third-order valence-electron chi connectivity index (χ3n) is 5.36. The van der Waals surface area contributed by atoms with Crippen LogP contribution in [0.1, 0.15) is 51.4 Å². The lowest BCUT2D eigenvalue weighted by Crippen LogP contribution is -2.45. The fourth-order valence-corrected chi connectivity index (χ4v) is 3.78. The smallest absolute Gasteiger partial charge is 0.0692 e.